The molecule has 0 aromatic heterocycles. The Labute approximate surface area is 56.6 Å². The second kappa shape index (κ2) is 3.64. The summed E-state index contributed by atoms with van der Waals surface area (Å²) in [6.07, 6.45) is 1.72. The Balaban J connectivity index is 3.76. The van der Waals surface area contributed by atoms with Gasteiger partial charge in [-0.05, 0) is 13.5 Å². The van der Waals surface area contributed by atoms with Crippen LogP contribution in [0.5, 0.6) is 0 Å². The van der Waals surface area contributed by atoms with Gasteiger partial charge in [0.05, 0.1) is 12.1 Å². The molecule has 0 aliphatic carbocycles. The highest BCUT2D eigenvalue weighted by atomic mass is 16.3. The average Bonchev–Trinajstić information content (AvgIpc) is 1.89. The van der Waals surface area contributed by atoms with Crippen LogP contribution in [0.3, 0.4) is 0 Å². The molecule has 1 atom stereocenters. The van der Waals surface area contributed by atoms with Crippen molar-refractivity contribution in [2.45, 2.75) is 19.4 Å². The molecule has 0 aliphatic rings. The molecule has 2 N–H and O–H groups in total. The molecule has 0 amide bonds. The summed E-state index contributed by atoms with van der Waals surface area (Å²) < 4.78 is 0. The monoisotopic (exact) mass is 129 g/mol. The molecule has 0 aliphatic heterocycles. The molecule has 0 radical (unpaired) electrons. The summed E-state index contributed by atoms with van der Waals surface area (Å²) in [6, 6.07) is 0. The Hall–Kier alpha value is -0.340. The van der Waals surface area contributed by atoms with Crippen molar-refractivity contribution in [1.82, 2.24) is 5.32 Å². The summed E-state index contributed by atoms with van der Waals surface area (Å²) in [7, 11) is 0. The first-order chi connectivity index (χ1) is 4.18. The molecule has 0 rings (SSSR count). The number of likely N-dealkylation sites (N-methyl/N-ethyl adjacent to an activating group) is 1. The van der Waals surface area contributed by atoms with Crippen LogP contribution in [0.15, 0.2) is 12.7 Å². The summed E-state index contributed by atoms with van der Waals surface area (Å²) in [4.78, 5) is 0. The second-order valence-corrected chi connectivity index (χ2v) is 2.31. The third-order valence-electron chi connectivity index (χ3n) is 1.36. The van der Waals surface area contributed by atoms with E-state index in [1.54, 1.807) is 6.08 Å². The quantitative estimate of drug-likeness (QED) is 0.543. The first-order valence-electron chi connectivity index (χ1n) is 3.18. The van der Waals surface area contributed by atoms with Crippen molar-refractivity contribution in [3.05, 3.63) is 12.7 Å². The topological polar surface area (TPSA) is 32.3 Å². The third-order valence-corrected chi connectivity index (χ3v) is 1.36. The van der Waals surface area contributed by atoms with Crippen molar-refractivity contribution in [1.29, 1.82) is 0 Å². The van der Waals surface area contributed by atoms with Crippen LogP contribution >= 0.6 is 0 Å². The van der Waals surface area contributed by atoms with Gasteiger partial charge in [0, 0.05) is 0 Å². The van der Waals surface area contributed by atoms with E-state index in [4.69, 9.17) is 5.11 Å². The van der Waals surface area contributed by atoms with Crippen LogP contribution < -0.4 is 5.32 Å². The molecule has 0 spiro atoms. The molecule has 0 fully saturated rings. The summed E-state index contributed by atoms with van der Waals surface area (Å²) in [5, 5.41) is 11.9. The van der Waals surface area contributed by atoms with Gasteiger partial charge in [0.1, 0.15) is 0 Å². The molecule has 0 saturated carbocycles. The molecule has 0 aromatic rings. The highest BCUT2D eigenvalue weighted by molar-refractivity contribution is 4.98. The van der Waals surface area contributed by atoms with E-state index in [0.717, 1.165) is 6.54 Å². The zero-order valence-electron chi connectivity index (χ0n) is 6.15. The molecule has 0 heterocycles. The lowest BCUT2D eigenvalue weighted by molar-refractivity contribution is 0.211. The van der Waals surface area contributed by atoms with Gasteiger partial charge in [0.15, 0.2) is 0 Å². The zero-order valence-corrected chi connectivity index (χ0v) is 6.15. The molecule has 0 aromatic carbocycles. The van der Waals surface area contributed by atoms with E-state index >= 15 is 0 Å². The average molecular weight is 129 g/mol. The zero-order chi connectivity index (χ0) is 7.33. The van der Waals surface area contributed by atoms with Crippen LogP contribution in [-0.4, -0.2) is 23.8 Å². The lowest BCUT2D eigenvalue weighted by Gasteiger charge is -2.23. The molecule has 9 heavy (non-hydrogen) atoms. The molecule has 54 valence electrons. The molecular weight excluding hydrogens is 114 g/mol. The standard InChI is InChI=1S/C7H15NO/c1-4-7(3,6-9)8-5-2/h4,8-9H,1,5-6H2,2-3H3. The van der Waals surface area contributed by atoms with E-state index in [-0.39, 0.29) is 12.1 Å². The van der Waals surface area contributed by atoms with E-state index in [2.05, 4.69) is 11.9 Å². The summed E-state index contributed by atoms with van der Waals surface area (Å²) >= 11 is 0. The minimum atomic E-state index is -0.297. The second-order valence-electron chi connectivity index (χ2n) is 2.31. The highest BCUT2D eigenvalue weighted by Crippen LogP contribution is 2.01. The highest BCUT2D eigenvalue weighted by Gasteiger charge is 2.15. The van der Waals surface area contributed by atoms with Crippen molar-refractivity contribution in [2.75, 3.05) is 13.2 Å². The number of hydrogen-bond acceptors (Lipinski definition) is 2. The van der Waals surface area contributed by atoms with Crippen LogP contribution in [0, 0.1) is 0 Å². The molecule has 2 heteroatoms. The van der Waals surface area contributed by atoms with E-state index in [0.29, 0.717) is 0 Å². The van der Waals surface area contributed by atoms with Crippen molar-refractivity contribution < 1.29 is 5.11 Å². The summed E-state index contributed by atoms with van der Waals surface area (Å²) in [5.74, 6) is 0. The van der Waals surface area contributed by atoms with Gasteiger partial charge in [-0.3, -0.25) is 0 Å². The van der Waals surface area contributed by atoms with Gasteiger partial charge in [0.25, 0.3) is 0 Å². The smallest absolute Gasteiger partial charge is 0.0646 e. The molecule has 1 unspecified atom stereocenters. The number of hydrogen-bond donors (Lipinski definition) is 2. The fraction of sp³-hybridized carbons (Fsp3) is 0.714. The predicted octanol–water partition coefficient (Wildman–Crippen LogP) is 0.533. The molecule has 0 bridgehead atoms. The predicted molar refractivity (Wildman–Crippen MR) is 39.4 cm³/mol. The van der Waals surface area contributed by atoms with Crippen LogP contribution in [-0.2, 0) is 0 Å². The van der Waals surface area contributed by atoms with Crippen LogP contribution in [0.25, 0.3) is 0 Å². The minimum absolute atomic E-state index is 0.102. The van der Waals surface area contributed by atoms with Gasteiger partial charge in [0.2, 0.25) is 0 Å². The van der Waals surface area contributed by atoms with Gasteiger partial charge >= 0.3 is 0 Å². The van der Waals surface area contributed by atoms with Gasteiger partial charge < -0.3 is 10.4 Å². The van der Waals surface area contributed by atoms with Gasteiger partial charge in [-0.2, -0.15) is 0 Å². The lowest BCUT2D eigenvalue weighted by Crippen LogP contribution is -2.43. The van der Waals surface area contributed by atoms with Crippen molar-refractivity contribution >= 4 is 0 Å². The first kappa shape index (κ1) is 8.66. The lowest BCUT2D eigenvalue weighted by atomic mass is 10.1. The largest absolute Gasteiger partial charge is 0.394 e. The number of nitrogens with one attached hydrogen (secondary N) is 1. The van der Waals surface area contributed by atoms with Crippen LogP contribution in [0.4, 0.5) is 0 Å². The fourth-order valence-electron chi connectivity index (χ4n) is 0.596. The van der Waals surface area contributed by atoms with Gasteiger partial charge in [-0.15, -0.1) is 6.58 Å². The van der Waals surface area contributed by atoms with Crippen molar-refractivity contribution in [2.24, 2.45) is 0 Å². The van der Waals surface area contributed by atoms with E-state index in [1.165, 1.54) is 0 Å². The maximum absolute atomic E-state index is 8.78. The van der Waals surface area contributed by atoms with Crippen molar-refractivity contribution in [3.63, 3.8) is 0 Å². The van der Waals surface area contributed by atoms with Crippen LogP contribution in [0.2, 0.25) is 0 Å². The Kier molecular flexibility index (Phi) is 3.50. The first-order valence-corrected chi connectivity index (χ1v) is 3.18. The maximum atomic E-state index is 8.78. The Morgan fingerprint density at radius 1 is 1.78 bits per heavy atom. The SMILES string of the molecule is C=CC(C)(CO)NCC. The molecule has 2 nitrogen and oxygen atoms in total. The summed E-state index contributed by atoms with van der Waals surface area (Å²) in [6.45, 7) is 8.46. The van der Waals surface area contributed by atoms with E-state index in [9.17, 15) is 0 Å². The van der Waals surface area contributed by atoms with E-state index in [1.807, 2.05) is 13.8 Å². The van der Waals surface area contributed by atoms with Crippen molar-refractivity contribution in [3.8, 4) is 0 Å². The van der Waals surface area contributed by atoms with E-state index < -0.39 is 0 Å². The van der Waals surface area contributed by atoms with Gasteiger partial charge in [-0.1, -0.05) is 13.0 Å². The number of rotatable bonds is 4. The number of aliphatic hydroxyl groups is 1. The normalized spacial score (nSPS) is 16.8. The number of aliphatic hydroxyl groups excluding tert-OH is 1. The molecule has 0 saturated heterocycles. The minimum Gasteiger partial charge on any atom is -0.394 e. The summed E-state index contributed by atoms with van der Waals surface area (Å²) in [5.41, 5.74) is -0.297. The van der Waals surface area contributed by atoms with Gasteiger partial charge in [-0.25, -0.2) is 0 Å². The Bertz CT molecular complexity index is 92.9. The van der Waals surface area contributed by atoms with Crippen LogP contribution in [0.1, 0.15) is 13.8 Å². The third kappa shape index (κ3) is 2.63. The Morgan fingerprint density at radius 3 is 2.44 bits per heavy atom. The molecular formula is C7H15NO. The maximum Gasteiger partial charge on any atom is 0.0646 e. The fourth-order valence-corrected chi connectivity index (χ4v) is 0.596. The Morgan fingerprint density at radius 2 is 2.33 bits per heavy atom.